The number of hydrogen-bond donors (Lipinski definition) is 0. The van der Waals surface area contributed by atoms with E-state index in [1.54, 1.807) is 48.8 Å². The maximum Gasteiger partial charge on any atom is 0.265 e. The van der Waals surface area contributed by atoms with Crippen LogP contribution in [0.2, 0.25) is 0 Å². The lowest BCUT2D eigenvalue weighted by atomic mass is 10.3. The molecule has 0 N–H and O–H groups in total. The molecule has 3 aromatic rings. The van der Waals surface area contributed by atoms with Gasteiger partial charge in [-0.05, 0) is 55.6 Å². The summed E-state index contributed by atoms with van der Waals surface area (Å²) in [5.74, 6) is 0.694. The minimum atomic E-state index is -3.65. The fourth-order valence-electron chi connectivity index (χ4n) is 2.59. The Bertz CT molecular complexity index is 942. The number of rotatable bonds is 6. The number of methoxy groups -OCH3 is 1. The summed E-state index contributed by atoms with van der Waals surface area (Å²) in [5, 5.41) is 1.95. The van der Waals surface area contributed by atoms with E-state index in [1.807, 2.05) is 31.4 Å². The molecule has 0 unspecified atom stereocenters. The van der Waals surface area contributed by atoms with Crippen molar-refractivity contribution in [1.29, 1.82) is 0 Å². The predicted molar refractivity (Wildman–Crippen MR) is 104 cm³/mol. The third-order valence-corrected chi connectivity index (χ3v) is 7.66. The molecule has 2 heterocycles. The minimum absolute atomic E-state index is 0.306. The maximum absolute atomic E-state index is 13.4. The lowest BCUT2D eigenvalue weighted by Gasteiger charge is -2.24. The van der Waals surface area contributed by atoms with E-state index in [9.17, 15) is 8.42 Å². The normalized spacial score (nSPS) is 11.5. The summed E-state index contributed by atoms with van der Waals surface area (Å²) in [6, 6.07) is 12.7. The maximum atomic E-state index is 13.4. The molecule has 0 saturated carbocycles. The van der Waals surface area contributed by atoms with E-state index in [1.165, 1.54) is 15.6 Å². The summed E-state index contributed by atoms with van der Waals surface area (Å²) < 4.78 is 33.4. The molecule has 0 aliphatic carbocycles. The van der Waals surface area contributed by atoms with Crippen LogP contribution in [0.4, 0.5) is 5.69 Å². The Labute approximate surface area is 156 Å². The molecule has 2 aromatic heterocycles. The molecule has 0 spiro atoms. The first kappa shape index (κ1) is 18.0. The van der Waals surface area contributed by atoms with Gasteiger partial charge in [-0.25, -0.2) is 8.42 Å². The van der Waals surface area contributed by atoms with Gasteiger partial charge < -0.3 is 4.74 Å². The number of nitrogens with zero attached hydrogens (tertiary/aromatic N) is 1. The van der Waals surface area contributed by atoms with Crippen LogP contribution in [0.25, 0.3) is 0 Å². The Morgan fingerprint density at radius 1 is 1.12 bits per heavy atom. The quantitative estimate of drug-likeness (QED) is 0.602. The van der Waals surface area contributed by atoms with Crippen LogP contribution in [0.1, 0.15) is 14.6 Å². The number of ether oxygens (including phenoxy) is 1. The Balaban J connectivity index is 2.07. The van der Waals surface area contributed by atoms with Crippen LogP contribution >= 0.6 is 22.7 Å². The second-order valence-corrected chi connectivity index (χ2v) is 9.89. The van der Waals surface area contributed by atoms with Crippen molar-refractivity contribution in [3.05, 3.63) is 62.5 Å². The van der Waals surface area contributed by atoms with E-state index >= 15 is 0 Å². The molecule has 25 heavy (non-hydrogen) atoms. The average Bonchev–Trinajstić information content (AvgIpc) is 3.22. The second-order valence-electron chi connectivity index (χ2n) is 5.57. The highest BCUT2D eigenvalue weighted by molar-refractivity contribution is 7.93. The van der Waals surface area contributed by atoms with Crippen molar-refractivity contribution < 1.29 is 13.2 Å². The number of anilines is 1. The van der Waals surface area contributed by atoms with Crippen LogP contribution in [0.15, 0.2) is 52.7 Å². The summed E-state index contributed by atoms with van der Waals surface area (Å²) in [4.78, 5) is 3.16. The second kappa shape index (κ2) is 7.19. The molecule has 0 fully saturated rings. The molecule has 0 aliphatic heterocycles. The van der Waals surface area contributed by atoms with Crippen LogP contribution in [0, 0.1) is 13.8 Å². The first-order valence-corrected chi connectivity index (χ1v) is 10.8. The zero-order valence-corrected chi connectivity index (χ0v) is 16.7. The molecule has 4 nitrogen and oxygen atoms in total. The molecule has 0 amide bonds. The van der Waals surface area contributed by atoms with Crippen molar-refractivity contribution in [2.75, 3.05) is 11.4 Å². The summed E-state index contributed by atoms with van der Waals surface area (Å²) in [7, 11) is -2.06. The third kappa shape index (κ3) is 3.73. The number of thiophene rings is 2. The number of aryl methyl sites for hydroxylation is 2. The van der Waals surface area contributed by atoms with Crippen molar-refractivity contribution in [3.63, 3.8) is 0 Å². The van der Waals surface area contributed by atoms with Crippen molar-refractivity contribution in [2.45, 2.75) is 25.3 Å². The monoisotopic (exact) mass is 393 g/mol. The summed E-state index contributed by atoms with van der Waals surface area (Å²) >= 11 is 3.05. The van der Waals surface area contributed by atoms with E-state index < -0.39 is 10.0 Å². The van der Waals surface area contributed by atoms with E-state index in [0.29, 0.717) is 22.9 Å². The van der Waals surface area contributed by atoms with Gasteiger partial charge in [0.25, 0.3) is 10.0 Å². The number of hydrogen-bond acceptors (Lipinski definition) is 5. The highest BCUT2D eigenvalue weighted by Gasteiger charge is 2.28. The minimum Gasteiger partial charge on any atom is -0.497 e. The van der Waals surface area contributed by atoms with E-state index in [4.69, 9.17) is 4.74 Å². The molecule has 132 valence electrons. The lowest BCUT2D eigenvalue weighted by molar-refractivity contribution is 0.415. The van der Waals surface area contributed by atoms with Gasteiger partial charge in [0.2, 0.25) is 0 Å². The van der Waals surface area contributed by atoms with Gasteiger partial charge in [0.05, 0.1) is 19.3 Å². The Morgan fingerprint density at radius 2 is 1.84 bits per heavy atom. The summed E-state index contributed by atoms with van der Waals surface area (Å²) in [6.45, 7) is 4.08. The molecule has 3 rings (SSSR count). The fourth-order valence-corrected chi connectivity index (χ4v) is 6.33. The Morgan fingerprint density at radius 3 is 2.36 bits per heavy atom. The average molecular weight is 394 g/mol. The molecule has 0 atom stereocenters. The van der Waals surface area contributed by atoms with Gasteiger partial charge in [-0.2, -0.15) is 0 Å². The van der Waals surface area contributed by atoms with Crippen LogP contribution in [-0.4, -0.2) is 15.5 Å². The van der Waals surface area contributed by atoms with E-state index in [2.05, 4.69) is 0 Å². The van der Waals surface area contributed by atoms with Crippen LogP contribution in [0.5, 0.6) is 5.75 Å². The molecule has 0 saturated heterocycles. The predicted octanol–water partition coefficient (Wildman–Crippen LogP) is 4.83. The zero-order valence-electron chi connectivity index (χ0n) is 14.2. The molecule has 0 bridgehead atoms. The molecule has 0 aliphatic rings. The van der Waals surface area contributed by atoms with Gasteiger partial charge in [-0.3, -0.25) is 4.31 Å². The fraction of sp³-hybridized carbons (Fsp3) is 0.222. The van der Waals surface area contributed by atoms with Gasteiger partial charge in [-0.15, -0.1) is 22.7 Å². The van der Waals surface area contributed by atoms with Crippen LogP contribution in [-0.2, 0) is 16.6 Å². The largest absolute Gasteiger partial charge is 0.497 e. The zero-order chi connectivity index (χ0) is 18.0. The molecular weight excluding hydrogens is 374 g/mol. The summed E-state index contributed by atoms with van der Waals surface area (Å²) in [6.07, 6.45) is 0. The third-order valence-electron chi connectivity index (χ3n) is 3.80. The molecule has 7 heteroatoms. The standard InChI is InChI=1S/C18H19NO3S3/c1-13-11-18(14(2)24-13)25(20,21)19(12-17-5-4-10-23-17)15-6-8-16(22-3)9-7-15/h4-11H,12H2,1-3H3. The Kier molecular flexibility index (Phi) is 5.17. The van der Waals surface area contributed by atoms with Gasteiger partial charge in [-0.1, -0.05) is 6.07 Å². The van der Waals surface area contributed by atoms with Gasteiger partial charge >= 0.3 is 0 Å². The first-order chi connectivity index (χ1) is 11.9. The highest BCUT2D eigenvalue weighted by atomic mass is 32.2. The van der Waals surface area contributed by atoms with Crippen molar-refractivity contribution in [2.24, 2.45) is 0 Å². The van der Waals surface area contributed by atoms with Crippen molar-refractivity contribution >= 4 is 38.4 Å². The van der Waals surface area contributed by atoms with Gasteiger partial charge in [0, 0.05) is 14.6 Å². The molecule has 1 aromatic carbocycles. The van der Waals surface area contributed by atoms with E-state index in [0.717, 1.165) is 14.6 Å². The number of sulfonamides is 1. The Hall–Kier alpha value is -1.83. The molecular formula is C18H19NO3S3. The first-order valence-electron chi connectivity index (χ1n) is 7.68. The van der Waals surface area contributed by atoms with E-state index in [-0.39, 0.29) is 0 Å². The van der Waals surface area contributed by atoms with Crippen LogP contribution < -0.4 is 9.04 Å². The summed E-state index contributed by atoms with van der Waals surface area (Å²) in [5.41, 5.74) is 0.623. The highest BCUT2D eigenvalue weighted by Crippen LogP contribution is 2.33. The number of benzene rings is 1. The smallest absolute Gasteiger partial charge is 0.265 e. The van der Waals surface area contributed by atoms with Crippen molar-refractivity contribution in [1.82, 2.24) is 0 Å². The SMILES string of the molecule is COc1ccc(N(Cc2cccs2)S(=O)(=O)c2cc(C)sc2C)cc1. The van der Waals surface area contributed by atoms with Crippen molar-refractivity contribution in [3.8, 4) is 5.75 Å². The van der Waals surface area contributed by atoms with Crippen LogP contribution in [0.3, 0.4) is 0 Å². The van der Waals surface area contributed by atoms with Gasteiger partial charge in [0.15, 0.2) is 0 Å². The van der Waals surface area contributed by atoms with Gasteiger partial charge in [0.1, 0.15) is 10.6 Å². The molecule has 0 radical (unpaired) electrons. The topological polar surface area (TPSA) is 46.6 Å². The lowest BCUT2D eigenvalue weighted by Crippen LogP contribution is -2.30.